The minimum atomic E-state index is -3.87. The first-order valence-electron chi connectivity index (χ1n) is 10.0. The molecule has 8 nitrogen and oxygen atoms in total. The fraction of sp³-hybridized carbons (Fsp3) is 0.571. The van der Waals surface area contributed by atoms with Crippen LogP contribution in [0.25, 0.3) is 0 Å². The van der Waals surface area contributed by atoms with E-state index in [1.54, 1.807) is 24.3 Å². The number of carbonyl (C=O) groups is 2. The molecule has 1 aliphatic carbocycles. The van der Waals surface area contributed by atoms with E-state index < -0.39 is 51.1 Å². The number of rotatable bonds is 8. The summed E-state index contributed by atoms with van der Waals surface area (Å²) in [6.07, 6.45) is -0.172. The van der Waals surface area contributed by atoms with Gasteiger partial charge in [0.05, 0.1) is 30.9 Å². The molecule has 1 N–H and O–H groups in total. The summed E-state index contributed by atoms with van der Waals surface area (Å²) in [5, 5.41) is 19.0. The summed E-state index contributed by atoms with van der Waals surface area (Å²) in [7, 11) is -3.87. The first kappa shape index (κ1) is 23.5. The molecule has 0 bridgehead atoms. The maximum Gasteiger partial charge on any atom is 0.306 e. The van der Waals surface area contributed by atoms with Gasteiger partial charge >= 0.3 is 5.97 Å². The van der Waals surface area contributed by atoms with Crippen LogP contribution in [0.2, 0.25) is 5.02 Å². The van der Waals surface area contributed by atoms with E-state index in [9.17, 15) is 28.4 Å². The Balaban J connectivity index is 2.01. The summed E-state index contributed by atoms with van der Waals surface area (Å²) >= 11 is 5.99. The van der Waals surface area contributed by atoms with Gasteiger partial charge in [0.1, 0.15) is 6.10 Å². The number of nitriles is 1. The average molecular weight is 469 g/mol. The summed E-state index contributed by atoms with van der Waals surface area (Å²) in [4.78, 5) is 26.1. The number of hydrogen-bond acceptors (Lipinski definition) is 6. The van der Waals surface area contributed by atoms with E-state index in [0.29, 0.717) is 10.6 Å². The summed E-state index contributed by atoms with van der Waals surface area (Å²) in [5.74, 6) is -2.13. The molecule has 1 heterocycles. The maximum atomic E-state index is 13.3. The summed E-state index contributed by atoms with van der Waals surface area (Å²) < 4.78 is 30.0. The molecule has 0 radical (unpaired) electrons. The Morgan fingerprint density at radius 1 is 1.35 bits per heavy atom. The monoisotopic (exact) mass is 468 g/mol. The van der Waals surface area contributed by atoms with Crippen LogP contribution in [0.15, 0.2) is 24.3 Å². The maximum absolute atomic E-state index is 13.3. The Bertz CT molecular complexity index is 998. The zero-order valence-corrected chi connectivity index (χ0v) is 18.9. The van der Waals surface area contributed by atoms with Gasteiger partial charge in [-0.1, -0.05) is 23.7 Å². The van der Waals surface area contributed by atoms with Crippen LogP contribution in [0.4, 0.5) is 0 Å². The van der Waals surface area contributed by atoms with Crippen LogP contribution in [0.5, 0.6) is 0 Å². The van der Waals surface area contributed by atoms with Gasteiger partial charge in [0.2, 0.25) is 0 Å². The number of ether oxygens (including phenoxy) is 1. The Morgan fingerprint density at radius 2 is 1.97 bits per heavy atom. The molecular weight excluding hydrogens is 444 g/mol. The molecule has 0 aromatic heterocycles. The van der Waals surface area contributed by atoms with E-state index in [2.05, 4.69) is 0 Å². The van der Waals surface area contributed by atoms with E-state index in [4.69, 9.17) is 16.3 Å². The van der Waals surface area contributed by atoms with Crippen LogP contribution in [0, 0.1) is 17.2 Å². The molecule has 2 fully saturated rings. The van der Waals surface area contributed by atoms with Gasteiger partial charge in [-0.3, -0.25) is 9.59 Å². The number of carboxylic acids is 1. The highest BCUT2D eigenvalue weighted by Crippen LogP contribution is 2.42. The number of carboxylic acid groups (broad SMARTS) is 1. The molecule has 1 aromatic rings. The van der Waals surface area contributed by atoms with Crippen molar-refractivity contribution < 1.29 is 27.9 Å². The number of aliphatic carboxylic acids is 1. The zero-order valence-electron chi connectivity index (χ0n) is 17.3. The van der Waals surface area contributed by atoms with Crippen molar-refractivity contribution in [3.8, 4) is 6.07 Å². The van der Waals surface area contributed by atoms with Gasteiger partial charge in [-0.25, -0.2) is 8.42 Å². The SMILES string of the molecule is CC(C)(C#N)S(=O)(=O)CC(C1CC1)N1C(=O)C(CC(=O)O)OCC1c1ccc(Cl)cc1. The lowest BCUT2D eigenvalue weighted by Crippen LogP contribution is -2.57. The van der Waals surface area contributed by atoms with Crippen LogP contribution in [0.1, 0.15) is 44.7 Å². The highest BCUT2D eigenvalue weighted by molar-refractivity contribution is 7.93. The number of hydrogen-bond donors (Lipinski definition) is 1. The normalized spacial score (nSPS) is 23.3. The van der Waals surface area contributed by atoms with Gasteiger partial charge in [0, 0.05) is 11.1 Å². The van der Waals surface area contributed by atoms with Crippen LogP contribution < -0.4 is 0 Å². The number of morpholine rings is 1. The lowest BCUT2D eigenvalue weighted by Gasteiger charge is -2.44. The highest BCUT2D eigenvalue weighted by Gasteiger charge is 2.49. The lowest BCUT2D eigenvalue weighted by molar-refractivity contribution is -0.169. The van der Waals surface area contributed by atoms with E-state index in [1.165, 1.54) is 18.7 Å². The van der Waals surface area contributed by atoms with E-state index in [0.717, 1.165) is 12.8 Å². The third kappa shape index (κ3) is 5.03. The molecule has 10 heteroatoms. The number of carbonyl (C=O) groups excluding carboxylic acids is 1. The minimum absolute atomic E-state index is 0.0356. The summed E-state index contributed by atoms with van der Waals surface area (Å²) in [6, 6.07) is 7.40. The quantitative estimate of drug-likeness (QED) is 0.621. The van der Waals surface area contributed by atoms with E-state index in [-0.39, 0.29) is 18.3 Å². The molecule has 1 amide bonds. The number of benzene rings is 1. The molecule has 3 rings (SSSR count). The molecule has 1 aliphatic heterocycles. The molecule has 3 unspecified atom stereocenters. The van der Waals surface area contributed by atoms with Crippen molar-refractivity contribution in [2.45, 2.75) is 56.0 Å². The summed E-state index contributed by atoms with van der Waals surface area (Å²) in [5.41, 5.74) is 0.717. The highest BCUT2D eigenvalue weighted by atomic mass is 35.5. The van der Waals surface area contributed by atoms with Crippen molar-refractivity contribution >= 4 is 33.3 Å². The van der Waals surface area contributed by atoms with Crippen molar-refractivity contribution in [3.05, 3.63) is 34.9 Å². The Morgan fingerprint density at radius 3 is 2.48 bits per heavy atom. The minimum Gasteiger partial charge on any atom is -0.481 e. The molecule has 2 aliphatic rings. The Kier molecular flexibility index (Phi) is 6.65. The molecule has 31 heavy (non-hydrogen) atoms. The number of halogens is 1. The van der Waals surface area contributed by atoms with Crippen molar-refractivity contribution in [1.29, 1.82) is 5.26 Å². The molecule has 1 aromatic carbocycles. The molecule has 0 spiro atoms. The van der Waals surface area contributed by atoms with Crippen LogP contribution in [0.3, 0.4) is 0 Å². The van der Waals surface area contributed by atoms with Crippen LogP contribution in [-0.4, -0.2) is 59.6 Å². The smallest absolute Gasteiger partial charge is 0.306 e. The van der Waals surface area contributed by atoms with Gasteiger partial charge in [-0.15, -0.1) is 0 Å². The number of amides is 1. The molecule has 1 saturated carbocycles. The molecule has 168 valence electrons. The second-order valence-electron chi connectivity index (χ2n) is 8.54. The van der Waals surface area contributed by atoms with Crippen LogP contribution >= 0.6 is 11.6 Å². The van der Waals surface area contributed by atoms with Crippen molar-refractivity contribution in [3.63, 3.8) is 0 Å². The molecular formula is C21H25ClN2O6S. The Labute approximate surface area is 186 Å². The van der Waals surface area contributed by atoms with Gasteiger partial charge in [-0.05, 0) is 50.3 Å². The van der Waals surface area contributed by atoms with Gasteiger partial charge in [-0.2, -0.15) is 5.26 Å². The fourth-order valence-corrected chi connectivity index (χ4v) is 5.31. The fourth-order valence-electron chi connectivity index (χ4n) is 3.75. The third-order valence-electron chi connectivity index (χ3n) is 5.90. The van der Waals surface area contributed by atoms with E-state index >= 15 is 0 Å². The zero-order chi connectivity index (χ0) is 23.0. The first-order chi connectivity index (χ1) is 14.5. The van der Waals surface area contributed by atoms with Crippen molar-refractivity contribution in [2.75, 3.05) is 12.4 Å². The standard InChI is InChI=1S/C21H25ClN2O6S/c1-21(2,12-23)31(28,29)11-17(14-3-4-14)24-16(13-5-7-15(22)8-6-13)10-30-18(20(24)27)9-19(25)26/h5-8,14,16-18H,3-4,9-11H2,1-2H3,(H,25,26). The topological polar surface area (TPSA) is 125 Å². The summed E-state index contributed by atoms with van der Waals surface area (Å²) in [6.45, 7) is 2.73. The molecule has 3 atom stereocenters. The number of nitrogens with zero attached hydrogens (tertiary/aromatic N) is 2. The predicted octanol–water partition coefficient (Wildman–Crippen LogP) is 2.58. The second-order valence-corrected chi connectivity index (χ2v) is 11.6. The van der Waals surface area contributed by atoms with Gasteiger partial charge < -0.3 is 14.7 Å². The first-order valence-corrected chi connectivity index (χ1v) is 12.0. The van der Waals surface area contributed by atoms with E-state index in [1.807, 2.05) is 6.07 Å². The van der Waals surface area contributed by atoms with Crippen molar-refractivity contribution in [1.82, 2.24) is 4.90 Å². The largest absolute Gasteiger partial charge is 0.481 e. The van der Waals surface area contributed by atoms with Crippen LogP contribution in [-0.2, 0) is 24.2 Å². The average Bonchev–Trinajstić information content (AvgIpc) is 3.53. The van der Waals surface area contributed by atoms with Crippen molar-refractivity contribution in [2.24, 2.45) is 5.92 Å². The number of sulfone groups is 1. The predicted molar refractivity (Wildman–Crippen MR) is 113 cm³/mol. The van der Waals surface area contributed by atoms with Gasteiger partial charge in [0.15, 0.2) is 14.6 Å². The molecule has 1 saturated heterocycles. The van der Waals surface area contributed by atoms with Gasteiger partial charge in [0.25, 0.3) is 5.91 Å². The lowest BCUT2D eigenvalue weighted by atomic mass is 9.98. The third-order valence-corrected chi connectivity index (χ3v) is 8.57. The second kappa shape index (κ2) is 8.77. The Hall–Kier alpha value is -2.15.